The maximum atomic E-state index is 13.2. The number of hydrogen-bond donors (Lipinski definition) is 0. The zero-order valence-electron chi connectivity index (χ0n) is 14.5. The van der Waals surface area contributed by atoms with E-state index in [1.165, 1.54) is 0 Å². The molecule has 3 aromatic carbocycles. The minimum Gasteiger partial charge on any atom is -0.497 e. The van der Waals surface area contributed by atoms with Gasteiger partial charge in [0.1, 0.15) is 5.75 Å². The van der Waals surface area contributed by atoms with Crippen molar-refractivity contribution in [2.24, 2.45) is 0 Å². The molecule has 0 atom stereocenters. The Hall–Kier alpha value is -3.07. The average molecular weight is 331 g/mol. The second-order valence-corrected chi connectivity index (χ2v) is 5.89. The van der Waals surface area contributed by atoms with Crippen LogP contribution in [0.1, 0.15) is 21.5 Å². The Balaban J connectivity index is 1.97. The minimum absolute atomic E-state index is 0.0270. The van der Waals surface area contributed by atoms with Crippen molar-refractivity contribution in [3.8, 4) is 5.75 Å². The van der Waals surface area contributed by atoms with Crippen molar-refractivity contribution in [3.05, 3.63) is 95.6 Å². The number of hydrogen-bond acceptors (Lipinski definition) is 2. The normalized spacial score (nSPS) is 10.3. The molecule has 0 spiro atoms. The van der Waals surface area contributed by atoms with E-state index in [-0.39, 0.29) is 5.91 Å². The topological polar surface area (TPSA) is 29.5 Å². The van der Waals surface area contributed by atoms with Gasteiger partial charge in [-0.2, -0.15) is 0 Å². The maximum absolute atomic E-state index is 13.2. The number of rotatable bonds is 5. The number of aryl methyl sites for hydroxylation is 1. The van der Waals surface area contributed by atoms with Crippen LogP contribution in [0, 0.1) is 6.92 Å². The molecule has 25 heavy (non-hydrogen) atoms. The zero-order valence-corrected chi connectivity index (χ0v) is 14.5. The lowest BCUT2D eigenvalue weighted by atomic mass is 10.1. The molecule has 3 nitrogen and oxygen atoms in total. The van der Waals surface area contributed by atoms with Crippen LogP contribution in [0.4, 0.5) is 5.69 Å². The van der Waals surface area contributed by atoms with Gasteiger partial charge in [0.05, 0.1) is 13.7 Å². The SMILES string of the molecule is COc1ccc(C(=O)N(Cc2ccccc2)c2ccccc2C)cc1. The third-order valence-electron chi connectivity index (χ3n) is 4.17. The summed E-state index contributed by atoms with van der Waals surface area (Å²) in [5.74, 6) is 0.711. The molecule has 0 unspecified atom stereocenters. The van der Waals surface area contributed by atoms with E-state index in [0.717, 1.165) is 22.6 Å². The fourth-order valence-corrected chi connectivity index (χ4v) is 2.79. The second-order valence-electron chi connectivity index (χ2n) is 5.89. The summed E-state index contributed by atoms with van der Waals surface area (Å²) in [5.41, 5.74) is 3.72. The second kappa shape index (κ2) is 7.67. The number of benzene rings is 3. The maximum Gasteiger partial charge on any atom is 0.258 e. The van der Waals surface area contributed by atoms with E-state index in [1.54, 1.807) is 19.2 Å². The van der Waals surface area contributed by atoms with Gasteiger partial charge >= 0.3 is 0 Å². The summed E-state index contributed by atoms with van der Waals surface area (Å²) in [7, 11) is 1.62. The van der Waals surface area contributed by atoms with Crippen molar-refractivity contribution in [1.82, 2.24) is 0 Å². The molecule has 126 valence electrons. The first kappa shape index (κ1) is 16.8. The first-order chi connectivity index (χ1) is 12.2. The van der Waals surface area contributed by atoms with Gasteiger partial charge in [-0.15, -0.1) is 0 Å². The van der Waals surface area contributed by atoms with Gasteiger partial charge in [0, 0.05) is 11.3 Å². The van der Waals surface area contributed by atoms with Crippen molar-refractivity contribution in [2.75, 3.05) is 12.0 Å². The fourth-order valence-electron chi connectivity index (χ4n) is 2.79. The van der Waals surface area contributed by atoms with Crippen LogP contribution in [0.3, 0.4) is 0 Å². The molecule has 0 saturated heterocycles. The monoisotopic (exact) mass is 331 g/mol. The Labute approximate surface area is 148 Å². The molecule has 3 heteroatoms. The lowest BCUT2D eigenvalue weighted by Gasteiger charge is -2.25. The van der Waals surface area contributed by atoms with Crippen LogP contribution in [0.2, 0.25) is 0 Å². The van der Waals surface area contributed by atoms with E-state index in [2.05, 4.69) is 0 Å². The van der Waals surface area contributed by atoms with Gasteiger partial charge in [-0.25, -0.2) is 0 Å². The van der Waals surface area contributed by atoms with Gasteiger partial charge in [-0.3, -0.25) is 4.79 Å². The molecule has 0 bridgehead atoms. The molecule has 0 aromatic heterocycles. The van der Waals surface area contributed by atoms with E-state index < -0.39 is 0 Å². The molecule has 0 radical (unpaired) electrons. The first-order valence-electron chi connectivity index (χ1n) is 8.24. The van der Waals surface area contributed by atoms with Crippen LogP contribution in [0.15, 0.2) is 78.9 Å². The molecule has 0 heterocycles. The van der Waals surface area contributed by atoms with E-state index >= 15 is 0 Å². The molecule has 0 aliphatic rings. The van der Waals surface area contributed by atoms with Gasteiger partial charge in [0.25, 0.3) is 5.91 Å². The Kier molecular flexibility index (Phi) is 5.14. The zero-order chi connectivity index (χ0) is 17.6. The number of methoxy groups -OCH3 is 1. The van der Waals surface area contributed by atoms with Gasteiger partial charge in [0.15, 0.2) is 0 Å². The van der Waals surface area contributed by atoms with Crippen molar-refractivity contribution >= 4 is 11.6 Å². The van der Waals surface area contributed by atoms with Crippen LogP contribution < -0.4 is 9.64 Å². The van der Waals surface area contributed by atoms with Gasteiger partial charge in [0.2, 0.25) is 0 Å². The molecule has 0 fully saturated rings. The highest BCUT2D eigenvalue weighted by molar-refractivity contribution is 6.06. The molecule has 1 amide bonds. The molecule has 0 N–H and O–H groups in total. The Morgan fingerprint density at radius 1 is 0.880 bits per heavy atom. The smallest absolute Gasteiger partial charge is 0.258 e. The summed E-state index contributed by atoms with van der Waals surface area (Å²) in [5, 5.41) is 0. The first-order valence-corrected chi connectivity index (χ1v) is 8.24. The highest BCUT2D eigenvalue weighted by atomic mass is 16.5. The Morgan fingerprint density at radius 3 is 2.16 bits per heavy atom. The summed E-state index contributed by atoms with van der Waals surface area (Å²) in [6, 6.07) is 25.2. The van der Waals surface area contributed by atoms with E-state index in [4.69, 9.17) is 4.74 Å². The van der Waals surface area contributed by atoms with Crippen LogP contribution in [-0.4, -0.2) is 13.0 Å². The average Bonchev–Trinajstić information content (AvgIpc) is 2.67. The highest BCUT2D eigenvalue weighted by Crippen LogP contribution is 2.24. The van der Waals surface area contributed by atoms with Crippen LogP contribution >= 0.6 is 0 Å². The number of ether oxygens (including phenoxy) is 1. The Bertz CT molecular complexity index is 841. The van der Waals surface area contributed by atoms with Gasteiger partial charge in [-0.1, -0.05) is 48.5 Å². The number of nitrogens with zero attached hydrogens (tertiary/aromatic N) is 1. The van der Waals surface area contributed by atoms with Crippen molar-refractivity contribution in [3.63, 3.8) is 0 Å². The molecule has 3 aromatic rings. The molecular weight excluding hydrogens is 310 g/mol. The molecule has 3 rings (SSSR count). The summed E-state index contributed by atoms with van der Waals surface area (Å²) in [6.07, 6.45) is 0. The van der Waals surface area contributed by atoms with Gasteiger partial charge < -0.3 is 9.64 Å². The standard InChI is InChI=1S/C22H21NO2/c1-17-8-6-7-11-21(17)23(16-18-9-4-3-5-10-18)22(24)19-12-14-20(25-2)15-13-19/h3-15H,16H2,1-2H3. The highest BCUT2D eigenvalue weighted by Gasteiger charge is 2.19. The summed E-state index contributed by atoms with van der Waals surface area (Å²) in [4.78, 5) is 15.0. The molecule has 0 aliphatic carbocycles. The van der Waals surface area contributed by atoms with Crippen LogP contribution in [-0.2, 0) is 6.54 Å². The quantitative estimate of drug-likeness (QED) is 0.669. The number of para-hydroxylation sites is 1. The molecule has 0 saturated carbocycles. The third kappa shape index (κ3) is 3.89. The number of carbonyl (C=O) groups excluding carboxylic acids is 1. The van der Waals surface area contributed by atoms with Crippen LogP contribution in [0.5, 0.6) is 5.75 Å². The number of anilines is 1. The minimum atomic E-state index is -0.0270. The van der Waals surface area contributed by atoms with Gasteiger partial charge in [-0.05, 0) is 48.4 Å². The van der Waals surface area contributed by atoms with Crippen molar-refractivity contribution in [2.45, 2.75) is 13.5 Å². The summed E-state index contributed by atoms with van der Waals surface area (Å²) < 4.78 is 5.18. The largest absolute Gasteiger partial charge is 0.497 e. The van der Waals surface area contributed by atoms with E-state index in [9.17, 15) is 4.79 Å². The molecule has 0 aliphatic heterocycles. The predicted molar refractivity (Wildman–Crippen MR) is 101 cm³/mol. The van der Waals surface area contributed by atoms with Crippen molar-refractivity contribution < 1.29 is 9.53 Å². The lowest BCUT2D eigenvalue weighted by Crippen LogP contribution is -2.31. The number of amides is 1. The summed E-state index contributed by atoms with van der Waals surface area (Å²) >= 11 is 0. The number of carbonyl (C=O) groups is 1. The third-order valence-corrected chi connectivity index (χ3v) is 4.17. The summed E-state index contributed by atoms with van der Waals surface area (Å²) in [6.45, 7) is 2.55. The Morgan fingerprint density at radius 2 is 1.52 bits per heavy atom. The van der Waals surface area contributed by atoms with E-state index in [1.807, 2.05) is 78.6 Å². The van der Waals surface area contributed by atoms with E-state index in [0.29, 0.717) is 12.1 Å². The lowest BCUT2D eigenvalue weighted by molar-refractivity contribution is 0.0985. The van der Waals surface area contributed by atoms with Crippen molar-refractivity contribution in [1.29, 1.82) is 0 Å². The predicted octanol–water partition coefficient (Wildman–Crippen LogP) is 4.85. The molecular formula is C22H21NO2. The fraction of sp³-hybridized carbons (Fsp3) is 0.136. The van der Waals surface area contributed by atoms with Crippen LogP contribution in [0.25, 0.3) is 0 Å².